The Morgan fingerprint density at radius 2 is 1.84 bits per heavy atom. The van der Waals surface area contributed by atoms with E-state index in [-0.39, 0.29) is 17.2 Å². The van der Waals surface area contributed by atoms with Gasteiger partial charge in [0.15, 0.2) is 0 Å². The Hall–Kier alpha value is -4.17. The smallest absolute Gasteiger partial charge is 0.257 e. The number of para-hydroxylation sites is 1. The largest absolute Gasteiger partial charge is 0.397 e. The molecule has 2 aliphatic heterocycles. The van der Waals surface area contributed by atoms with Crippen molar-refractivity contribution in [2.75, 3.05) is 40.5 Å². The summed E-state index contributed by atoms with van der Waals surface area (Å²) < 4.78 is 0. The zero-order chi connectivity index (χ0) is 26.3. The number of nitrogen functional groups attached to an aromatic ring is 1. The summed E-state index contributed by atoms with van der Waals surface area (Å²) >= 11 is 1.64. The number of aromatic nitrogens is 1. The second kappa shape index (κ2) is 9.61. The molecule has 4 heterocycles. The van der Waals surface area contributed by atoms with Crippen molar-refractivity contribution in [3.05, 3.63) is 89.4 Å². The van der Waals surface area contributed by atoms with Gasteiger partial charge < -0.3 is 20.9 Å². The van der Waals surface area contributed by atoms with Crippen molar-refractivity contribution in [2.24, 2.45) is 0 Å². The second-order valence-electron chi connectivity index (χ2n) is 10.0. The molecular formula is C30H29N5O2S. The van der Waals surface area contributed by atoms with Crippen molar-refractivity contribution in [1.82, 2.24) is 4.98 Å². The third-order valence-corrected chi connectivity index (χ3v) is 8.69. The molecule has 2 aromatic heterocycles. The third kappa shape index (κ3) is 4.31. The van der Waals surface area contributed by atoms with Crippen LogP contribution in [0.4, 0.5) is 22.9 Å². The number of nitrogens with one attached hydrogen (secondary N) is 1. The molecule has 0 saturated carbocycles. The molecule has 0 unspecified atom stereocenters. The van der Waals surface area contributed by atoms with Crippen LogP contribution in [0.25, 0.3) is 10.4 Å². The summed E-state index contributed by atoms with van der Waals surface area (Å²) in [7, 11) is 0. The fourth-order valence-electron chi connectivity index (χ4n) is 5.67. The molecule has 2 aliphatic rings. The van der Waals surface area contributed by atoms with Gasteiger partial charge in [-0.2, -0.15) is 0 Å². The molecule has 0 aliphatic carbocycles. The summed E-state index contributed by atoms with van der Waals surface area (Å²) in [5, 5.41) is 4.96. The van der Waals surface area contributed by atoms with Crippen LogP contribution in [0.15, 0.2) is 78.3 Å². The van der Waals surface area contributed by atoms with Crippen LogP contribution in [0.5, 0.6) is 0 Å². The SMILES string of the molecule is CC(=O)N1CC2(CCN(c3ccc(C(=O)Nc4cc(-c5cccs5)ccc4N)cn3)CC2)c2ccccc21. The van der Waals surface area contributed by atoms with Gasteiger partial charge in [0.1, 0.15) is 5.82 Å². The molecular weight excluding hydrogens is 494 g/mol. The molecule has 0 atom stereocenters. The van der Waals surface area contributed by atoms with Crippen LogP contribution in [0.1, 0.15) is 35.7 Å². The Morgan fingerprint density at radius 3 is 2.55 bits per heavy atom. The summed E-state index contributed by atoms with van der Waals surface area (Å²) in [6.45, 7) is 4.05. The van der Waals surface area contributed by atoms with Gasteiger partial charge in [0.25, 0.3) is 5.91 Å². The van der Waals surface area contributed by atoms with E-state index in [1.807, 2.05) is 58.8 Å². The number of anilines is 4. The standard InChI is InChI=1S/C30H29N5O2S/c1-20(36)35-19-30(23-5-2-3-6-26(23)35)12-14-34(15-13-30)28-11-9-22(18-32-28)29(37)33-25-17-21(8-10-24(25)31)27-7-4-16-38-27/h2-11,16-18H,12-15,19,31H2,1H3,(H,33,37). The molecule has 3 N–H and O–H groups in total. The zero-order valence-electron chi connectivity index (χ0n) is 21.2. The van der Waals surface area contributed by atoms with E-state index in [0.29, 0.717) is 16.9 Å². The average molecular weight is 524 g/mol. The van der Waals surface area contributed by atoms with Gasteiger partial charge in [0.2, 0.25) is 5.91 Å². The number of nitrogens with zero attached hydrogens (tertiary/aromatic N) is 3. The Bertz CT molecular complexity index is 1490. The normalized spacial score (nSPS) is 15.9. The predicted octanol–water partition coefficient (Wildman–Crippen LogP) is 5.55. The highest BCUT2D eigenvalue weighted by Crippen LogP contribution is 2.47. The molecule has 8 heteroatoms. The van der Waals surface area contributed by atoms with Crippen molar-refractivity contribution in [3.8, 4) is 10.4 Å². The van der Waals surface area contributed by atoms with E-state index >= 15 is 0 Å². The molecule has 192 valence electrons. The fraction of sp³-hybridized carbons (Fsp3) is 0.233. The van der Waals surface area contributed by atoms with Crippen molar-refractivity contribution < 1.29 is 9.59 Å². The number of benzene rings is 2. The molecule has 38 heavy (non-hydrogen) atoms. The number of fused-ring (bicyclic) bond motifs is 2. The van der Waals surface area contributed by atoms with Crippen LogP contribution < -0.4 is 20.9 Å². The molecule has 0 radical (unpaired) electrons. The first-order chi connectivity index (χ1) is 18.4. The Labute approximate surface area is 225 Å². The van der Waals surface area contributed by atoms with E-state index in [1.165, 1.54) is 5.56 Å². The Kier molecular flexibility index (Phi) is 6.12. The highest BCUT2D eigenvalue weighted by atomic mass is 32.1. The van der Waals surface area contributed by atoms with Crippen LogP contribution in [-0.2, 0) is 10.2 Å². The lowest BCUT2D eigenvalue weighted by Crippen LogP contribution is -2.46. The molecule has 0 bridgehead atoms. The van der Waals surface area contributed by atoms with Gasteiger partial charge in [-0.1, -0.05) is 30.3 Å². The van der Waals surface area contributed by atoms with Gasteiger partial charge in [-0.3, -0.25) is 9.59 Å². The van der Waals surface area contributed by atoms with E-state index in [0.717, 1.165) is 54.4 Å². The third-order valence-electron chi connectivity index (χ3n) is 7.77. The first kappa shape index (κ1) is 24.2. The number of rotatable bonds is 4. The van der Waals surface area contributed by atoms with Gasteiger partial charge in [0, 0.05) is 48.7 Å². The van der Waals surface area contributed by atoms with Crippen LogP contribution >= 0.6 is 11.3 Å². The van der Waals surface area contributed by atoms with Crippen LogP contribution in [0, 0.1) is 0 Å². The van der Waals surface area contributed by atoms with E-state index in [9.17, 15) is 9.59 Å². The van der Waals surface area contributed by atoms with E-state index < -0.39 is 0 Å². The van der Waals surface area contributed by atoms with Crippen molar-refractivity contribution in [3.63, 3.8) is 0 Å². The van der Waals surface area contributed by atoms with Crippen LogP contribution in [0.3, 0.4) is 0 Å². The molecule has 1 fully saturated rings. The summed E-state index contributed by atoms with van der Waals surface area (Å²) in [5.74, 6) is 0.696. The maximum absolute atomic E-state index is 13.0. The highest BCUT2D eigenvalue weighted by Gasteiger charge is 2.45. The molecule has 2 amide bonds. The van der Waals surface area contributed by atoms with E-state index in [2.05, 4.69) is 33.4 Å². The second-order valence-corrected chi connectivity index (χ2v) is 11.0. The lowest BCUT2D eigenvalue weighted by molar-refractivity contribution is -0.116. The highest BCUT2D eigenvalue weighted by molar-refractivity contribution is 7.13. The van der Waals surface area contributed by atoms with Crippen LogP contribution in [0.2, 0.25) is 0 Å². The maximum atomic E-state index is 13.0. The van der Waals surface area contributed by atoms with Gasteiger partial charge in [-0.05, 0) is 65.7 Å². The first-order valence-corrected chi connectivity index (χ1v) is 13.6. The quantitative estimate of drug-likeness (QED) is 0.342. The van der Waals surface area contributed by atoms with E-state index in [4.69, 9.17) is 5.73 Å². The number of carbonyl (C=O) groups excluding carboxylic acids is 2. The number of pyridine rings is 1. The number of nitrogens with two attached hydrogens (primary N) is 1. The number of piperidine rings is 1. The molecule has 2 aromatic carbocycles. The number of thiophene rings is 1. The van der Waals surface area contributed by atoms with E-state index in [1.54, 1.807) is 24.5 Å². The number of hydrogen-bond acceptors (Lipinski definition) is 6. The summed E-state index contributed by atoms with van der Waals surface area (Å²) in [4.78, 5) is 35.2. The minimum absolute atomic E-state index is 0.0177. The number of carbonyl (C=O) groups is 2. The molecule has 6 rings (SSSR count). The Balaban J connectivity index is 1.13. The van der Waals surface area contributed by atoms with Gasteiger partial charge in [-0.25, -0.2) is 4.98 Å². The minimum atomic E-state index is -0.247. The first-order valence-electron chi connectivity index (χ1n) is 12.8. The molecule has 1 spiro atoms. The fourth-order valence-corrected chi connectivity index (χ4v) is 6.39. The zero-order valence-corrected chi connectivity index (χ0v) is 22.0. The minimum Gasteiger partial charge on any atom is -0.397 e. The van der Waals surface area contributed by atoms with Gasteiger partial charge in [0.05, 0.1) is 16.9 Å². The van der Waals surface area contributed by atoms with Gasteiger partial charge >= 0.3 is 0 Å². The summed E-state index contributed by atoms with van der Waals surface area (Å²) in [6, 6.07) is 21.7. The van der Waals surface area contributed by atoms with Crippen molar-refractivity contribution in [2.45, 2.75) is 25.2 Å². The Morgan fingerprint density at radius 1 is 1.03 bits per heavy atom. The molecule has 4 aromatic rings. The maximum Gasteiger partial charge on any atom is 0.257 e. The topological polar surface area (TPSA) is 91.6 Å². The van der Waals surface area contributed by atoms with Crippen molar-refractivity contribution >= 4 is 46.0 Å². The predicted molar refractivity (Wildman–Crippen MR) is 154 cm³/mol. The monoisotopic (exact) mass is 523 g/mol. The lowest BCUT2D eigenvalue weighted by atomic mass is 9.74. The molecule has 1 saturated heterocycles. The lowest BCUT2D eigenvalue weighted by Gasteiger charge is -2.40. The number of amides is 2. The molecule has 7 nitrogen and oxygen atoms in total. The van der Waals surface area contributed by atoms with Crippen molar-refractivity contribution in [1.29, 1.82) is 0 Å². The average Bonchev–Trinajstić information content (AvgIpc) is 3.58. The van der Waals surface area contributed by atoms with Gasteiger partial charge in [-0.15, -0.1) is 11.3 Å². The summed E-state index contributed by atoms with van der Waals surface area (Å²) in [5.41, 5.74) is 11.0. The van der Waals surface area contributed by atoms with Crippen LogP contribution in [-0.4, -0.2) is 36.4 Å². The summed E-state index contributed by atoms with van der Waals surface area (Å²) in [6.07, 6.45) is 3.51. The number of hydrogen-bond donors (Lipinski definition) is 2.